The standard InChI is InChI=1S/C17H15ClO3/c1-20-16-11-14(12-19)10-15(18)17(16)21-9-5-8-13-6-3-2-4-7-13/h2-8,10-12H,9H2,1H3. The van der Waals surface area contributed by atoms with E-state index in [9.17, 15) is 4.79 Å². The lowest BCUT2D eigenvalue weighted by molar-refractivity contribution is 0.112. The Morgan fingerprint density at radius 2 is 1.90 bits per heavy atom. The van der Waals surface area contributed by atoms with Crippen LogP contribution in [0, 0.1) is 0 Å². The molecule has 0 amide bonds. The zero-order valence-corrected chi connectivity index (χ0v) is 12.3. The van der Waals surface area contributed by atoms with Crippen molar-refractivity contribution in [3.05, 3.63) is 64.7 Å². The summed E-state index contributed by atoms with van der Waals surface area (Å²) in [6.45, 7) is 0.353. The minimum Gasteiger partial charge on any atom is -0.493 e. The average molecular weight is 303 g/mol. The highest BCUT2D eigenvalue weighted by Gasteiger charge is 2.11. The van der Waals surface area contributed by atoms with E-state index >= 15 is 0 Å². The number of methoxy groups -OCH3 is 1. The molecule has 2 aromatic rings. The van der Waals surface area contributed by atoms with Crippen LogP contribution >= 0.6 is 11.6 Å². The van der Waals surface area contributed by atoms with Gasteiger partial charge in [-0.1, -0.05) is 48.0 Å². The van der Waals surface area contributed by atoms with Gasteiger partial charge in [-0.15, -0.1) is 0 Å². The summed E-state index contributed by atoms with van der Waals surface area (Å²) in [6.07, 6.45) is 4.56. The Morgan fingerprint density at radius 3 is 2.57 bits per heavy atom. The third-order valence-electron chi connectivity index (χ3n) is 2.82. The number of hydrogen-bond donors (Lipinski definition) is 0. The minimum atomic E-state index is 0.351. The van der Waals surface area contributed by atoms with Crippen molar-refractivity contribution in [2.75, 3.05) is 13.7 Å². The van der Waals surface area contributed by atoms with Crippen molar-refractivity contribution < 1.29 is 14.3 Å². The van der Waals surface area contributed by atoms with Crippen molar-refractivity contribution in [1.82, 2.24) is 0 Å². The first kappa shape index (κ1) is 15.1. The Bertz CT molecular complexity index is 636. The number of carbonyl (C=O) groups is 1. The van der Waals surface area contributed by atoms with E-state index in [-0.39, 0.29) is 0 Å². The highest BCUT2D eigenvalue weighted by Crippen LogP contribution is 2.36. The SMILES string of the molecule is COc1cc(C=O)cc(Cl)c1OCC=Cc1ccccc1. The Labute approximate surface area is 128 Å². The van der Waals surface area contributed by atoms with Crippen molar-refractivity contribution in [3.8, 4) is 11.5 Å². The summed E-state index contributed by atoms with van der Waals surface area (Å²) in [5, 5.41) is 0.351. The quantitative estimate of drug-likeness (QED) is 0.748. The van der Waals surface area contributed by atoms with Crippen molar-refractivity contribution >= 4 is 24.0 Å². The second-order valence-corrected chi connectivity index (χ2v) is 4.68. The van der Waals surface area contributed by atoms with E-state index in [1.807, 2.05) is 42.5 Å². The molecule has 21 heavy (non-hydrogen) atoms. The summed E-state index contributed by atoms with van der Waals surface area (Å²) in [4.78, 5) is 10.8. The molecule has 2 rings (SSSR count). The molecule has 0 aliphatic heterocycles. The maximum atomic E-state index is 10.8. The first-order valence-electron chi connectivity index (χ1n) is 6.41. The predicted octanol–water partition coefficient (Wildman–Crippen LogP) is 4.25. The monoisotopic (exact) mass is 302 g/mol. The molecule has 0 atom stereocenters. The second kappa shape index (κ2) is 7.50. The molecule has 0 unspecified atom stereocenters. The number of hydrogen-bond acceptors (Lipinski definition) is 3. The Balaban J connectivity index is 2.06. The van der Waals surface area contributed by atoms with Crippen LogP contribution in [-0.4, -0.2) is 20.0 Å². The fourth-order valence-corrected chi connectivity index (χ4v) is 2.10. The van der Waals surface area contributed by atoms with Gasteiger partial charge in [-0.2, -0.15) is 0 Å². The van der Waals surface area contributed by atoms with E-state index in [0.717, 1.165) is 5.56 Å². The molecule has 0 fully saturated rings. The summed E-state index contributed by atoms with van der Waals surface area (Å²) in [7, 11) is 1.51. The van der Waals surface area contributed by atoms with Gasteiger partial charge >= 0.3 is 0 Å². The predicted molar refractivity (Wildman–Crippen MR) is 84.4 cm³/mol. The number of aldehydes is 1. The van der Waals surface area contributed by atoms with Crippen molar-refractivity contribution in [1.29, 1.82) is 0 Å². The smallest absolute Gasteiger partial charge is 0.180 e. The van der Waals surface area contributed by atoms with Gasteiger partial charge in [0.05, 0.1) is 12.1 Å². The van der Waals surface area contributed by atoms with Gasteiger partial charge in [0.25, 0.3) is 0 Å². The number of benzene rings is 2. The fourth-order valence-electron chi connectivity index (χ4n) is 1.83. The highest BCUT2D eigenvalue weighted by atomic mass is 35.5. The van der Waals surface area contributed by atoms with Crippen LogP contribution in [0.1, 0.15) is 15.9 Å². The van der Waals surface area contributed by atoms with Gasteiger partial charge in [0.2, 0.25) is 0 Å². The first-order valence-corrected chi connectivity index (χ1v) is 6.79. The van der Waals surface area contributed by atoms with Gasteiger partial charge in [0.15, 0.2) is 11.5 Å². The molecule has 0 radical (unpaired) electrons. The lowest BCUT2D eigenvalue weighted by atomic mass is 10.2. The molecule has 0 heterocycles. The molecular formula is C17H15ClO3. The third kappa shape index (κ3) is 4.10. The van der Waals surface area contributed by atoms with Gasteiger partial charge < -0.3 is 9.47 Å². The van der Waals surface area contributed by atoms with Crippen LogP contribution < -0.4 is 9.47 Å². The molecule has 0 saturated carbocycles. The average Bonchev–Trinajstić information content (AvgIpc) is 2.53. The Morgan fingerprint density at radius 1 is 1.14 bits per heavy atom. The molecule has 3 nitrogen and oxygen atoms in total. The molecular weight excluding hydrogens is 288 g/mol. The zero-order valence-electron chi connectivity index (χ0n) is 11.6. The maximum absolute atomic E-state index is 10.8. The molecule has 108 valence electrons. The van der Waals surface area contributed by atoms with Gasteiger partial charge in [-0.25, -0.2) is 0 Å². The first-order chi connectivity index (χ1) is 10.2. The molecule has 0 aliphatic carbocycles. The van der Waals surface area contributed by atoms with Gasteiger partial charge in [0.1, 0.15) is 12.9 Å². The largest absolute Gasteiger partial charge is 0.493 e. The van der Waals surface area contributed by atoms with Crippen LogP contribution in [0.4, 0.5) is 0 Å². The summed E-state index contributed by atoms with van der Waals surface area (Å²) in [5.41, 5.74) is 1.54. The topological polar surface area (TPSA) is 35.5 Å². The normalized spacial score (nSPS) is 10.6. The number of ether oxygens (including phenoxy) is 2. The number of carbonyl (C=O) groups excluding carboxylic acids is 1. The second-order valence-electron chi connectivity index (χ2n) is 4.28. The highest BCUT2D eigenvalue weighted by molar-refractivity contribution is 6.32. The lowest BCUT2D eigenvalue weighted by Crippen LogP contribution is -1.98. The number of rotatable bonds is 6. The van der Waals surface area contributed by atoms with Crippen LogP contribution in [0.15, 0.2) is 48.5 Å². The molecule has 0 spiro atoms. The lowest BCUT2D eigenvalue weighted by Gasteiger charge is -2.11. The van der Waals surface area contributed by atoms with E-state index in [0.29, 0.717) is 35.0 Å². The number of halogens is 1. The fraction of sp³-hybridized carbons (Fsp3) is 0.118. The van der Waals surface area contributed by atoms with Crippen molar-refractivity contribution in [3.63, 3.8) is 0 Å². The third-order valence-corrected chi connectivity index (χ3v) is 3.10. The van der Waals surface area contributed by atoms with Crippen LogP contribution in [0.2, 0.25) is 5.02 Å². The van der Waals surface area contributed by atoms with Gasteiger partial charge in [-0.3, -0.25) is 4.79 Å². The van der Waals surface area contributed by atoms with Crippen LogP contribution in [-0.2, 0) is 0 Å². The summed E-state index contributed by atoms with van der Waals surface area (Å²) in [5.74, 6) is 0.875. The van der Waals surface area contributed by atoms with Crippen molar-refractivity contribution in [2.24, 2.45) is 0 Å². The van der Waals surface area contributed by atoms with Gasteiger partial charge in [-0.05, 0) is 23.8 Å². The molecule has 2 aromatic carbocycles. The van der Waals surface area contributed by atoms with Crippen LogP contribution in [0.5, 0.6) is 11.5 Å². The molecule has 0 N–H and O–H groups in total. The van der Waals surface area contributed by atoms with E-state index < -0.39 is 0 Å². The van der Waals surface area contributed by atoms with E-state index in [1.165, 1.54) is 7.11 Å². The molecule has 4 heteroatoms. The summed E-state index contributed by atoms with van der Waals surface area (Å²) >= 11 is 6.10. The Kier molecular flexibility index (Phi) is 5.41. The summed E-state index contributed by atoms with van der Waals surface area (Å²) in [6, 6.07) is 13.1. The Hall–Kier alpha value is -2.26. The zero-order chi connectivity index (χ0) is 15.1. The minimum absolute atomic E-state index is 0.351. The van der Waals surface area contributed by atoms with E-state index in [1.54, 1.807) is 12.1 Å². The summed E-state index contributed by atoms with van der Waals surface area (Å²) < 4.78 is 10.8. The van der Waals surface area contributed by atoms with E-state index in [2.05, 4.69) is 0 Å². The van der Waals surface area contributed by atoms with Crippen molar-refractivity contribution in [2.45, 2.75) is 0 Å². The molecule has 0 saturated heterocycles. The van der Waals surface area contributed by atoms with Crippen LogP contribution in [0.3, 0.4) is 0 Å². The van der Waals surface area contributed by atoms with E-state index in [4.69, 9.17) is 21.1 Å². The van der Waals surface area contributed by atoms with Crippen LogP contribution in [0.25, 0.3) is 6.08 Å². The molecule has 0 aromatic heterocycles. The molecule has 0 aliphatic rings. The molecule has 0 bridgehead atoms. The maximum Gasteiger partial charge on any atom is 0.180 e. The van der Waals surface area contributed by atoms with Gasteiger partial charge in [0, 0.05) is 5.56 Å².